The molecule has 0 spiro atoms. The molecule has 178 valence electrons. The monoisotopic (exact) mass is 491 g/mol. The second-order valence-corrected chi connectivity index (χ2v) is 10.6. The van der Waals surface area contributed by atoms with Crippen LogP contribution < -0.4 is 4.74 Å². The molecule has 1 atom stereocenters. The highest BCUT2D eigenvalue weighted by molar-refractivity contribution is 7.97. The Balaban J connectivity index is 1.54. The minimum Gasteiger partial charge on any atom is -0.423 e. The van der Waals surface area contributed by atoms with Crippen LogP contribution in [-0.4, -0.2) is 6.16 Å². The van der Waals surface area contributed by atoms with Crippen LogP contribution in [0.25, 0.3) is 0 Å². The second-order valence-electron chi connectivity index (χ2n) is 8.53. The Morgan fingerprint density at radius 2 is 1.31 bits per heavy atom. The zero-order chi connectivity index (χ0) is 25.0. The molecule has 0 aliphatic rings. The molecule has 4 aromatic carbocycles. The van der Waals surface area contributed by atoms with Gasteiger partial charge in [-0.05, 0) is 62.7 Å². The maximum Gasteiger partial charge on any atom is 0.514 e. The van der Waals surface area contributed by atoms with Gasteiger partial charge in [0.2, 0.25) is 0 Å². The number of hydrogen-bond acceptors (Lipinski definition) is 3. The Morgan fingerprint density at radius 1 is 0.743 bits per heavy atom. The highest BCUT2D eigenvalue weighted by Gasteiger charge is 2.30. The summed E-state index contributed by atoms with van der Waals surface area (Å²) in [6, 6.07) is 27.6. The van der Waals surface area contributed by atoms with Crippen molar-refractivity contribution in [3.05, 3.63) is 120 Å². The fourth-order valence-electron chi connectivity index (χ4n) is 3.59. The van der Waals surface area contributed by atoms with E-state index in [1.165, 1.54) is 12.1 Å². The van der Waals surface area contributed by atoms with Crippen molar-refractivity contribution in [2.75, 3.05) is 0 Å². The van der Waals surface area contributed by atoms with Gasteiger partial charge in [0, 0.05) is 18.2 Å². The Morgan fingerprint density at radius 3 is 1.91 bits per heavy atom. The number of carbonyl (C=O) groups is 1. The second kappa shape index (κ2) is 10.3. The molecule has 0 aliphatic heterocycles. The van der Waals surface area contributed by atoms with E-state index in [2.05, 4.69) is 0 Å². The van der Waals surface area contributed by atoms with E-state index in [1.54, 1.807) is 38.1 Å². The summed E-state index contributed by atoms with van der Waals surface area (Å²) in [5.74, 6) is -0.958. The lowest BCUT2D eigenvalue weighted by atomic mass is 9.97. The predicted molar refractivity (Wildman–Crippen MR) is 133 cm³/mol. The van der Waals surface area contributed by atoms with Gasteiger partial charge in [-0.2, -0.15) is 0 Å². The fraction of sp³-hybridized carbons (Fsp3) is 0.138. The maximum atomic E-state index is 14.0. The van der Waals surface area contributed by atoms with Crippen molar-refractivity contribution >= 4 is 17.1 Å². The Labute approximate surface area is 206 Å². The summed E-state index contributed by atoms with van der Waals surface area (Å²) in [6.45, 7) is 5.58. The van der Waals surface area contributed by atoms with Crippen molar-refractivity contribution < 1.29 is 23.0 Å². The highest BCUT2D eigenvalue weighted by Crippen LogP contribution is 2.33. The van der Waals surface area contributed by atoms with Crippen LogP contribution in [0.1, 0.15) is 25.0 Å². The number of aryl methyl sites for hydroxylation is 1. The summed E-state index contributed by atoms with van der Waals surface area (Å²) in [4.78, 5) is 14.7. The molecule has 1 unspecified atom stereocenters. The van der Waals surface area contributed by atoms with Crippen LogP contribution in [0.5, 0.6) is 5.75 Å². The summed E-state index contributed by atoms with van der Waals surface area (Å²) in [5.41, 5.74) is 1.10. The van der Waals surface area contributed by atoms with Gasteiger partial charge < -0.3 is 9.47 Å². The van der Waals surface area contributed by atoms with E-state index < -0.39 is 34.3 Å². The topological polar surface area (TPSA) is 35.5 Å². The molecule has 0 N–H and O–H groups in total. The molecule has 0 amide bonds. The minimum absolute atomic E-state index is 0.306. The molecule has 0 aliphatic carbocycles. The average Bonchev–Trinajstić information content (AvgIpc) is 2.80. The van der Waals surface area contributed by atoms with Crippen LogP contribution in [0.15, 0.2) is 112 Å². The average molecular weight is 492 g/mol. The minimum atomic E-state index is -0.869. The zero-order valence-electron chi connectivity index (χ0n) is 19.6. The van der Waals surface area contributed by atoms with Gasteiger partial charge in [0.15, 0.2) is 14.7 Å². The van der Waals surface area contributed by atoms with E-state index >= 15 is 0 Å². The maximum absolute atomic E-state index is 14.0. The molecule has 4 rings (SSSR count). The van der Waals surface area contributed by atoms with Crippen LogP contribution in [0.3, 0.4) is 0 Å². The molecule has 0 fully saturated rings. The summed E-state index contributed by atoms with van der Waals surface area (Å²) < 4.78 is 39.0. The van der Waals surface area contributed by atoms with Crippen LogP contribution in [0.4, 0.5) is 13.6 Å². The van der Waals surface area contributed by atoms with E-state index in [1.807, 2.05) is 61.5 Å². The lowest BCUT2D eigenvalue weighted by molar-refractivity contribution is 0.00636. The van der Waals surface area contributed by atoms with Crippen LogP contribution >= 0.6 is 0 Å². The molecular formula is C29H25F2O3S+. The first kappa shape index (κ1) is 24.5. The first-order chi connectivity index (χ1) is 16.7. The van der Waals surface area contributed by atoms with E-state index in [-0.39, 0.29) is 0 Å². The van der Waals surface area contributed by atoms with Gasteiger partial charge in [0.05, 0.1) is 10.9 Å². The standard InChI is InChI=1S/C29H25F2O3S/c1-20-9-11-21(12-10-20)29(2,3)34-28(32)33-24-13-15-26(16-14-24)35(25-7-5-4-6-8-25)27-18-22(30)17-23(31)19-27/h4-19H,1-3H3/q+1. The number of ether oxygens (including phenoxy) is 2. The Bertz CT molecular complexity index is 1280. The largest absolute Gasteiger partial charge is 0.514 e. The molecule has 0 saturated carbocycles. The van der Waals surface area contributed by atoms with Gasteiger partial charge in [-0.1, -0.05) is 48.0 Å². The van der Waals surface area contributed by atoms with Gasteiger partial charge in [-0.3, -0.25) is 0 Å². The molecule has 0 heterocycles. The van der Waals surface area contributed by atoms with E-state index in [9.17, 15) is 13.6 Å². The van der Waals surface area contributed by atoms with Crippen molar-refractivity contribution in [3.8, 4) is 5.75 Å². The van der Waals surface area contributed by atoms with Gasteiger partial charge in [0.1, 0.15) is 23.0 Å². The molecule has 0 aromatic heterocycles. The number of halogens is 2. The summed E-state index contributed by atoms with van der Waals surface area (Å²) >= 11 is 0. The predicted octanol–water partition coefficient (Wildman–Crippen LogP) is 7.82. The van der Waals surface area contributed by atoms with Crippen LogP contribution in [0.2, 0.25) is 0 Å². The summed E-state index contributed by atoms with van der Waals surface area (Å²) in [6.07, 6.45) is -0.822. The van der Waals surface area contributed by atoms with Gasteiger partial charge >= 0.3 is 6.16 Å². The smallest absolute Gasteiger partial charge is 0.423 e. The van der Waals surface area contributed by atoms with Crippen molar-refractivity contribution in [2.45, 2.75) is 41.1 Å². The summed E-state index contributed by atoms with van der Waals surface area (Å²) in [7, 11) is -0.751. The van der Waals surface area contributed by atoms with Crippen molar-refractivity contribution in [1.29, 1.82) is 0 Å². The Kier molecular flexibility index (Phi) is 7.22. The molecule has 0 saturated heterocycles. The van der Waals surface area contributed by atoms with Crippen molar-refractivity contribution in [1.82, 2.24) is 0 Å². The number of carbonyl (C=O) groups excluding carboxylic acids is 1. The highest BCUT2D eigenvalue weighted by atomic mass is 32.2. The number of rotatable bonds is 6. The van der Waals surface area contributed by atoms with Gasteiger partial charge in [0.25, 0.3) is 0 Å². The van der Waals surface area contributed by atoms with E-state index in [0.717, 1.165) is 27.0 Å². The zero-order valence-corrected chi connectivity index (χ0v) is 20.4. The Hall–Kier alpha value is -3.64. The van der Waals surface area contributed by atoms with Crippen LogP contribution in [0, 0.1) is 18.6 Å². The fourth-order valence-corrected chi connectivity index (χ4v) is 5.71. The van der Waals surface area contributed by atoms with E-state index in [0.29, 0.717) is 10.6 Å². The van der Waals surface area contributed by atoms with Crippen molar-refractivity contribution in [2.24, 2.45) is 0 Å². The lowest BCUT2D eigenvalue weighted by Gasteiger charge is -2.25. The number of benzene rings is 4. The molecule has 4 aromatic rings. The van der Waals surface area contributed by atoms with Gasteiger partial charge in [-0.15, -0.1) is 0 Å². The molecule has 35 heavy (non-hydrogen) atoms. The molecule has 0 radical (unpaired) electrons. The third kappa shape index (κ3) is 6.08. The first-order valence-corrected chi connectivity index (χ1v) is 12.3. The third-order valence-corrected chi connectivity index (χ3v) is 7.59. The molecule has 6 heteroatoms. The van der Waals surface area contributed by atoms with Crippen molar-refractivity contribution in [3.63, 3.8) is 0 Å². The number of hydrogen-bond donors (Lipinski definition) is 0. The quantitative estimate of drug-likeness (QED) is 0.157. The normalized spacial score (nSPS) is 12.1. The SMILES string of the molecule is Cc1ccc(C(C)(C)OC(=O)Oc2ccc([S+](c3ccccc3)c3cc(F)cc(F)c3)cc2)cc1. The summed E-state index contributed by atoms with van der Waals surface area (Å²) in [5, 5.41) is 0. The molecular weight excluding hydrogens is 466 g/mol. The third-order valence-electron chi connectivity index (χ3n) is 5.40. The molecule has 3 nitrogen and oxygen atoms in total. The van der Waals surface area contributed by atoms with Gasteiger partial charge in [-0.25, -0.2) is 13.6 Å². The lowest BCUT2D eigenvalue weighted by Crippen LogP contribution is -2.27. The van der Waals surface area contributed by atoms with Crippen LogP contribution in [-0.2, 0) is 21.2 Å². The first-order valence-electron chi connectivity index (χ1n) is 11.0. The molecule has 0 bridgehead atoms. The van der Waals surface area contributed by atoms with E-state index in [4.69, 9.17) is 9.47 Å².